The van der Waals surface area contributed by atoms with E-state index in [1.54, 1.807) is 0 Å². The zero-order valence-electron chi connectivity index (χ0n) is 9.66. The molecule has 15 heavy (non-hydrogen) atoms. The fraction of sp³-hybridized carbons (Fsp3) is 0.818. The molecule has 0 aromatic carbocycles. The van der Waals surface area contributed by atoms with Crippen molar-refractivity contribution >= 4 is 0 Å². The summed E-state index contributed by atoms with van der Waals surface area (Å²) in [6, 6.07) is 0.403. The molecule has 1 fully saturated rings. The Morgan fingerprint density at radius 2 is 2.33 bits per heavy atom. The predicted molar refractivity (Wildman–Crippen MR) is 57.7 cm³/mol. The van der Waals surface area contributed by atoms with Gasteiger partial charge in [-0.2, -0.15) is 4.98 Å². The van der Waals surface area contributed by atoms with Crippen LogP contribution in [-0.4, -0.2) is 22.7 Å². The Kier molecular flexibility index (Phi) is 3.05. The van der Waals surface area contributed by atoms with Crippen LogP contribution < -0.4 is 5.32 Å². The number of likely N-dealkylation sites (N-methyl/N-ethyl adjacent to an activating group) is 1. The van der Waals surface area contributed by atoms with Gasteiger partial charge in [0.05, 0.1) is 0 Å². The number of hydrogen-bond acceptors (Lipinski definition) is 4. The van der Waals surface area contributed by atoms with Gasteiger partial charge in [-0.1, -0.05) is 19.0 Å². The molecule has 0 amide bonds. The van der Waals surface area contributed by atoms with Crippen LogP contribution >= 0.6 is 0 Å². The van der Waals surface area contributed by atoms with E-state index in [0.717, 1.165) is 30.6 Å². The summed E-state index contributed by atoms with van der Waals surface area (Å²) in [5.41, 5.74) is 0. The zero-order chi connectivity index (χ0) is 10.8. The van der Waals surface area contributed by atoms with Gasteiger partial charge in [-0.25, -0.2) is 0 Å². The highest BCUT2D eigenvalue weighted by molar-refractivity contribution is 5.07. The molecule has 3 unspecified atom stereocenters. The molecule has 0 spiro atoms. The molecule has 1 saturated carbocycles. The van der Waals surface area contributed by atoms with Gasteiger partial charge in [-0.15, -0.1) is 0 Å². The predicted octanol–water partition coefficient (Wildman–Crippen LogP) is 1.73. The van der Waals surface area contributed by atoms with Gasteiger partial charge >= 0.3 is 0 Å². The molecule has 4 heteroatoms. The van der Waals surface area contributed by atoms with E-state index < -0.39 is 0 Å². The molecule has 1 heterocycles. The molecule has 1 aromatic rings. The van der Waals surface area contributed by atoms with Crippen molar-refractivity contribution < 1.29 is 4.52 Å². The fourth-order valence-corrected chi connectivity index (χ4v) is 1.87. The summed E-state index contributed by atoms with van der Waals surface area (Å²) in [5, 5.41) is 7.36. The minimum Gasteiger partial charge on any atom is -0.339 e. The Bertz CT molecular complexity index is 323. The standard InChI is InChI=1S/C11H19N3O/c1-4-12-8(3)6-10-13-11(14-15-10)9-5-7(9)2/h7-9,12H,4-6H2,1-3H3. The second kappa shape index (κ2) is 4.31. The maximum Gasteiger partial charge on any atom is 0.228 e. The minimum absolute atomic E-state index is 0.403. The molecule has 0 aliphatic heterocycles. The van der Waals surface area contributed by atoms with Crippen molar-refractivity contribution in [3.8, 4) is 0 Å². The summed E-state index contributed by atoms with van der Waals surface area (Å²) in [6.45, 7) is 7.43. The number of hydrogen-bond donors (Lipinski definition) is 1. The smallest absolute Gasteiger partial charge is 0.228 e. The van der Waals surface area contributed by atoms with Gasteiger partial charge in [0, 0.05) is 18.4 Å². The molecule has 0 saturated heterocycles. The molecule has 1 aliphatic carbocycles. The highest BCUT2D eigenvalue weighted by Crippen LogP contribution is 2.45. The quantitative estimate of drug-likeness (QED) is 0.802. The van der Waals surface area contributed by atoms with Crippen molar-refractivity contribution in [2.45, 2.75) is 45.6 Å². The van der Waals surface area contributed by atoms with Crippen molar-refractivity contribution in [1.29, 1.82) is 0 Å². The first kappa shape index (κ1) is 10.6. The third-order valence-electron chi connectivity index (χ3n) is 2.96. The van der Waals surface area contributed by atoms with Crippen molar-refractivity contribution in [2.75, 3.05) is 6.54 Å². The Hall–Kier alpha value is -0.900. The summed E-state index contributed by atoms with van der Waals surface area (Å²) >= 11 is 0. The summed E-state index contributed by atoms with van der Waals surface area (Å²) in [7, 11) is 0. The number of aromatic nitrogens is 2. The molecule has 0 radical (unpaired) electrons. The summed E-state index contributed by atoms with van der Waals surface area (Å²) in [6.07, 6.45) is 2.03. The summed E-state index contributed by atoms with van der Waals surface area (Å²) < 4.78 is 5.23. The highest BCUT2D eigenvalue weighted by Gasteiger charge is 2.38. The van der Waals surface area contributed by atoms with Crippen molar-refractivity contribution in [2.24, 2.45) is 5.92 Å². The van der Waals surface area contributed by atoms with Crippen LogP contribution in [0.1, 0.15) is 44.8 Å². The molecule has 3 atom stereocenters. The van der Waals surface area contributed by atoms with E-state index in [0.29, 0.717) is 12.0 Å². The van der Waals surface area contributed by atoms with Gasteiger partial charge in [-0.3, -0.25) is 0 Å². The first-order valence-electron chi connectivity index (χ1n) is 5.76. The first-order valence-corrected chi connectivity index (χ1v) is 5.76. The molecule has 84 valence electrons. The van der Waals surface area contributed by atoms with Crippen LogP contribution in [0.4, 0.5) is 0 Å². The number of nitrogens with one attached hydrogen (secondary N) is 1. The average molecular weight is 209 g/mol. The summed E-state index contributed by atoms with van der Waals surface area (Å²) in [4.78, 5) is 4.43. The van der Waals surface area contributed by atoms with E-state index in [1.165, 1.54) is 6.42 Å². The highest BCUT2D eigenvalue weighted by atomic mass is 16.5. The maximum absolute atomic E-state index is 5.23. The van der Waals surface area contributed by atoms with Gasteiger partial charge in [0.2, 0.25) is 5.89 Å². The summed E-state index contributed by atoms with van der Waals surface area (Å²) in [5.74, 6) is 2.96. The normalized spacial score (nSPS) is 26.6. The van der Waals surface area contributed by atoms with Gasteiger partial charge < -0.3 is 9.84 Å². The molecule has 1 aliphatic rings. The average Bonchev–Trinajstić information content (AvgIpc) is 2.74. The van der Waals surface area contributed by atoms with E-state index in [2.05, 4.69) is 36.2 Å². The molecular weight excluding hydrogens is 190 g/mol. The lowest BCUT2D eigenvalue weighted by atomic mass is 10.2. The van der Waals surface area contributed by atoms with Gasteiger partial charge in [-0.05, 0) is 25.8 Å². The lowest BCUT2D eigenvalue weighted by molar-refractivity contribution is 0.358. The lowest BCUT2D eigenvalue weighted by Crippen LogP contribution is -2.27. The molecular formula is C11H19N3O. The van der Waals surface area contributed by atoms with Crippen LogP contribution in [0.25, 0.3) is 0 Å². The molecule has 1 aromatic heterocycles. The van der Waals surface area contributed by atoms with E-state index in [1.807, 2.05) is 0 Å². The second-order valence-corrected chi connectivity index (χ2v) is 4.53. The fourth-order valence-electron chi connectivity index (χ4n) is 1.87. The van der Waals surface area contributed by atoms with Crippen molar-refractivity contribution in [3.63, 3.8) is 0 Å². The molecule has 2 rings (SSSR count). The zero-order valence-corrected chi connectivity index (χ0v) is 9.66. The number of nitrogens with zero attached hydrogens (tertiary/aromatic N) is 2. The van der Waals surface area contributed by atoms with Crippen LogP contribution in [0.15, 0.2) is 4.52 Å². The van der Waals surface area contributed by atoms with E-state index in [-0.39, 0.29) is 0 Å². The van der Waals surface area contributed by atoms with Gasteiger partial charge in [0.1, 0.15) is 0 Å². The Morgan fingerprint density at radius 3 is 2.93 bits per heavy atom. The Labute approximate surface area is 90.4 Å². The third-order valence-corrected chi connectivity index (χ3v) is 2.96. The Morgan fingerprint density at radius 1 is 1.60 bits per heavy atom. The molecule has 0 bridgehead atoms. The van der Waals surface area contributed by atoms with E-state index in [9.17, 15) is 0 Å². The first-order chi connectivity index (χ1) is 7.20. The van der Waals surface area contributed by atoms with Crippen LogP contribution in [0, 0.1) is 5.92 Å². The van der Waals surface area contributed by atoms with Crippen LogP contribution in [0.5, 0.6) is 0 Å². The van der Waals surface area contributed by atoms with Crippen LogP contribution in [0.2, 0.25) is 0 Å². The monoisotopic (exact) mass is 209 g/mol. The van der Waals surface area contributed by atoms with E-state index in [4.69, 9.17) is 4.52 Å². The van der Waals surface area contributed by atoms with Gasteiger partial charge in [0.25, 0.3) is 0 Å². The second-order valence-electron chi connectivity index (χ2n) is 4.53. The van der Waals surface area contributed by atoms with Crippen molar-refractivity contribution in [1.82, 2.24) is 15.5 Å². The van der Waals surface area contributed by atoms with Crippen LogP contribution in [-0.2, 0) is 6.42 Å². The SMILES string of the molecule is CCNC(C)Cc1nc(C2CC2C)no1. The van der Waals surface area contributed by atoms with Crippen molar-refractivity contribution in [3.05, 3.63) is 11.7 Å². The molecule has 1 N–H and O–H groups in total. The van der Waals surface area contributed by atoms with E-state index >= 15 is 0 Å². The molecule has 4 nitrogen and oxygen atoms in total. The minimum atomic E-state index is 0.403. The lowest BCUT2D eigenvalue weighted by Gasteiger charge is -2.07. The Balaban J connectivity index is 1.89. The topological polar surface area (TPSA) is 51.0 Å². The number of rotatable bonds is 5. The third kappa shape index (κ3) is 2.56. The maximum atomic E-state index is 5.23. The van der Waals surface area contributed by atoms with Gasteiger partial charge in [0.15, 0.2) is 5.82 Å². The van der Waals surface area contributed by atoms with Crippen LogP contribution in [0.3, 0.4) is 0 Å². The largest absolute Gasteiger partial charge is 0.339 e.